The van der Waals surface area contributed by atoms with E-state index in [1.165, 1.54) is 34.6 Å². The Bertz CT molecular complexity index is 843. The Kier molecular flexibility index (Phi) is 47.2. The van der Waals surface area contributed by atoms with Crippen molar-refractivity contribution in [1.29, 1.82) is 0 Å². The molecule has 0 bridgehead atoms. The third-order valence-corrected chi connectivity index (χ3v) is 10.7. The van der Waals surface area contributed by atoms with Crippen molar-refractivity contribution in [3.63, 3.8) is 0 Å². The van der Waals surface area contributed by atoms with Gasteiger partial charge in [0.1, 0.15) is 0 Å². The van der Waals surface area contributed by atoms with Crippen molar-refractivity contribution in [2.45, 2.75) is 106 Å². The molecule has 0 aromatic heterocycles. The molecule has 0 heterocycles. The molecule has 0 rings (SSSR count). The Hall–Kier alpha value is 0.517. The fraction of sp³-hybridized carbons (Fsp3) is 0.812. The van der Waals surface area contributed by atoms with Gasteiger partial charge in [-0.25, -0.2) is 0 Å². The fourth-order valence-corrected chi connectivity index (χ4v) is 8.79. The number of unbranched alkanes of at least 4 members (excludes halogenated alkanes) is 2. The molecule has 12 nitrogen and oxygen atoms in total. The number of carboxylic acids is 6. The van der Waals surface area contributed by atoms with Crippen molar-refractivity contribution in [3.05, 3.63) is 0 Å². The number of carboxylic acid groups (broad SMARTS) is 6. The summed E-state index contributed by atoms with van der Waals surface area (Å²) in [5.74, 6) is -6.56. The van der Waals surface area contributed by atoms with Gasteiger partial charge in [0.2, 0.25) is 0 Å². The van der Waals surface area contributed by atoms with Crippen LogP contribution in [0.15, 0.2) is 0 Å². The Morgan fingerprint density at radius 3 is 0.654 bits per heavy atom. The molecule has 0 radical (unpaired) electrons. The van der Waals surface area contributed by atoms with Crippen LogP contribution >= 0.6 is 75.8 Å². The largest absolute Gasteiger partial charge is 0.550 e. The van der Waals surface area contributed by atoms with Crippen molar-refractivity contribution in [3.8, 4) is 0 Å². The molecule has 298 valence electrons. The van der Waals surface area contributed by atoms with Crippen LogP contribution in [0, 0.1) is 16.2 Å². The number of thiol groups is 6. The molecular formula is C32H54O12S6Sn2. The predicted molar refractivity (Wildman–Crippen MR) is 213 cm³/mol. The van der Waals surface area contributed by atoms with Crippen LogP contribution < -0.4 is 30.6 Å². The second kappa shape index (κ2) is 39.7. The first-order valence-corrected chi connectivity index (χ1v) is 24.3. The van der Waals surface area contributed by atoms with E-state index < -0.39 is 71.3 Å². The Labute approximate surface area is 369 Å². The van der Waals surface area contributed by atoms with Crippen molar-refractivity contribution in [2.24, 2.45) is 16.2 Å². The van der Waals surface area contributed by atoms with E-state index in [1.54, 1.807) is 45.0 Å². The zero-order valence-corrected chi connectivity index (χ0v) is 41.0. The topological polar surface area (TPSA) is 241 Å². The van der Waals surface area contributed by atoms with Crippen molar-refractivity contribution >= 4 is 157 Å². The second-order valence-electron chi connectivity index (χ2n) is 11.4. The molecular weight excluding hydrogens is 1010 g/mol. The minimum Gasteiger partial charge on any atom is -0.550 e. The standard InChI is InChI=1S/3C8H14O4S2.2C4H9.2Sn/c3*9-6(10)5-8(1-3-13,2-4-14)7(11)12;2*1-3-4-2;;/h3*13-14H,1-5H2,(H,9,10)(H,11,12);2*1,3-4H2,2H3;;/q;;;;;2*+3/p-6. The van der Waals surface area contributed by atoms with Gasteiger partial charge in [-0.15, -0.1) is 0 Å². The molecule has 0 atom stereocenters. The van der Waals surface area contributed by atoms with Crippen LogP contribution in [0.1, 0.15) is 97.3 Å². The maximum Gasteiger partial charge on any atom is 0.0480 e. The van der Waals surface area contributed by atoms with Gasteiger partial charge in [0.15, 0.2) is 0 Å². The third-order valence-electron chi connectivity index (χ3n) is 7.35. The molecule has 0 aliphatic heterocycles. The monoisotopic (exact) mass is 1060 g/mol. The van der Waals surface area contributed by atoms with E-state index >= 15 is 0 Å². The molecule has 0 aliphatic carbocycles. The molecule has 0 unspecified atom stereocenters. The average Bonchev–Trinajstić information content (AvgIpc) is 3.02. The van der Waals surface area contributed by atoms with E-state index in [1.807, 2.05) is 0 Å². The molecule has 0 N–H and O–H groups in total. The molecule has 0 fully saturated rings. The summed E-state index contributed by atoms with van der Waals surface area (Å²) in [5.41, 5.74) is -4.16. The maximum atomic E-state index is 10.9. The van der Waals surface area contributed by atoms with Crippen LogP contribution in [0.25, 0.3) is 0 Å². The van der Waals surface area contributed by atoms with Crippen LogP contribution in [-0.4, -0.2) is 115 Å². The van der Waals surface area contributed by atoms with Crippen LogP contribution in [0.2, 0.25) is 8.87 Å². The van der Waals surface area contributed by atoms with Gasteiger partial charge in [-0.2, -0.15) is 75.8 Å². The van der Waals surface area contributed by atoms with Gasteiger partial charge in [0, 0.05) is 52.1 Å². The quantitative estimate of drug-likeness (QED) is 0.0442. The zero-order chi connectivity index (χ0) is 41.8. The molecule has 20 heteroatoms. The Morgan fingerprint density at radius 1 is 0.423 bits per heavy atom. The van der Waals surface area contributed by atoms with Gasteiger partial charge in [-0.05, 0) is 92.3 Å². The van der Waals surface area contributed by atoms with E-state index in [-0.39, 0.29) is 73.0 Å². The number of carbonyl (C=O) groups is 6. The zero-order valence-electron chi connectivity index (χ0n) is 29.9. The SMILES string of the molecule is CCC[CH2][Sn+3].CCC[CH2][Sn+3].O=C([O-])CC(CCS)(CCS)C(=O)[O-].O=C([O-])CC(CCS)(CCS)C(=O)[O-].O=C([O-])CC(CCS)(CCS)C(=O)[O-]. The smallest absolute Gasteiger partial charge is 0.0480 e. The normalized spacial score (nSPS) is 10.8. The van der Waals surface area contributed by atoms with Crippen LogP contribution in [0.3, 0.4) is 0 Å². The van der Waals surface area contributed by atoms with Gasteiger partial charge in [-0.1, -0.05) is 0 Å². The van der Waals surface area contributed by atoms with Crippen LogP contribution in [0.4, 0.5) is 0 Å². The first-order chi connectivity index (χ1) is 24.3. The van der Waals surface area contributed by atoms with E-state index in [0.29, 0.717) is 0 Å². The molecule has 0 amide bonds. The maximum absolute atomic E-state index is 10.9. The summed E-state index contributed by atoms with van der Waals surface area (Å²) >= 11 is 26.7. The first kappa shape index (κ1) is 61.7. The summed E-state index contributed by atoms with van der Waals surface area (Å²) in [7, 11) is 0. The summed E-state index contributed by atoms with van der Waals surface area (Å²) in [6.07, 6.45) is 4.83. The minimum atomic E-state index is -1.39. The Morgan fingerprint density at radius 2 is 0.596 bits per heavy atom. The number of rotatable bonds is 25. The molecule has 0 saturated heterocycles. The van der Waals surface area contributed by atoms with Crippen molar-refractivity contribution in [1.82, 2.24) is 0 Å². The number of hydrogen-bond acceptors (Lipinski definition) is 18. The number of aliphatic carboxylic acids is 6. The van der Waals surface area contributed by atoms with Gasteiger partial charge < -0.3 is 59.4 Å². The first-order valence-electron chi connectivity index (χ1n) is 16.5. The molecule has 0 aromatic rings. The molecule has 0 saturated carbocycles. The molecule has 0 aliphatic rings. The minimum absolute atomic E-state index is 0.146. The van der Waals surface area contributed by atoms with Gasteiger partial charge >= 0.3 is 93.5 Å². The summed E-state index contributed by atoms with van der Waals surface area (Å²) in [4.78, 5) is 63.9. The summed E-state index contributed by atoms with van der Waals surface area (Å²) in [6, 6.07) is 0. The average molecular weight is 1060 g/mol. The summed E-state index contributed by atoms with van der Waals surface area (Å²) < 4.78 is 2.87. The fourth-order valence-electron chi connectivity index (χ4n) is 4.20. The van der Waals surface area contributed by atoms with Gasteiger partial charge in [0.05, 0.1) is 0 Å². The summed E-state index contributed by atoms with van der Waals surface area (Å²) in [5, 5.41) is 63.9. The van der Waals surface area contributed by atoms with E-state index in [9.17, 15) is 59.4 Å². The Balaban J connectivity index is -0.000000187. The molecule has 52 heavy (non-hydrogen) atoms. The molecule has 0 aromatic carbocycles. The third kappa shape index (κ3) is 32.7. The van der Waals surface area contributed by atoms with Crippen LogP contribution in [0.5, 0.6) is 0 Å². The predicted octanol–water partition coefficient (Wildman–Crippen LogP) is -1.75. The van der Waals surface area contributed by atoms with E-state index in [0.717, 1.165) is 0 Å². The second-order valence-corrected chi connectivity index (χ2v) is 16.9. The number of hydrogen-bond donors (Lipinski definition) is 6. The van der Waals surface area contributed by atoms with Crippen molar-refractivity contribution in [2.75, 3.05) is 34.5 Å². The van der Waals surface area contributed by atoms with Crippen molar-refractivity contribution < 1.29 is 59.4 Å². The van der Waals surface area contributed by atoms with Crippen LogP contribution in [-0.2, 0) is 28.8 Å². The number of carbonyl (C=O) groups excluding carboxylic acids is 6. The van der Waals surface area contributed by atoms with E-state index in [4.69, 9.17) is 0 Å². The van der Waals surface area contributed by atoms with Gasteiger partial charge in [0.25, 0.3) is 0 Å². The summed E-state index contributed by atoms with van der Waals surface area (Å²) in [6.45, 7) is 4.45. The molecule has 0 spiro atoms. The van der Waals surface area contributed by atoms with E-state index in [2.05, 4.69) is 89.6 Å². The van der Waals surface area contributed by atoms with Gasteiger partial charge in [-0.3, -0.25) is 0 Å².